The number of esters is 1. The van der Waals surface area contributed by atoms with Crippen LogP contribution < -0.4 is 0 Å². The van der Waals surface area contributed by atoms with E-state index in [-0.39, 0.29) is 35.5 Å². The van der Waals surface area contributed by atoms with E-state index in [1.165, 1.54) is 49.7 Å². The summed E-state index contributed by atoms with van der Waals surface area (Å²) in [6.07, 6.45) is 14.0. The van der Waals surface area contributed by atoms with E-state index >= 15 is 0 Å². The van der Waals surface area contributed by atoms with Crippen molar-refractivity contribution in [1.29, 1.82) is 0 Å². The van der Waals surface area contributed by atoms with Crippen LogP contribution in [0.4, 0.5) is 0 Å². The van der Waals surface area contributed by atoms with Crippen LogP contribution in [0.15, 0.2) is 11.1 Å². The highest BCUT2D eigenvalue weighted by atomic mass is 28.4. The van der Waals surface area contributed by atoms with E-state index < -0.39 is 8.32 Å². The standard InChI is InChI=1S/C34H55NO5Si/c1-7-37-32(36)22-26-17-16-25-21-28-27(31(23-29(28)35(25)26)40-41(5,6)34(2,3)4)18-19-30(24-13-9-8-10-14-24)39-33-15-11-12-20-38-33/h24-26,29-31,33H,7-17,20-23H2,1-6H3/t25-,26-,29-,30+,31+,33?/m0/s1. The van der Waals surface area contributed by atoms with Gasteiger partial charge >= 0.3 is 5.97 Å². The maximum absolute atomic E-state index is 12.5. The minimum atomic E-state index is -2.02. The Hall–Kier alpha value is -1.17. The van der Waals surface area contributed by atoms with E-state index in [2.05, 4.69) is 50.6 Å². The quantitative estimate of drug-likeness (QED) is 0.172. The maximum Gasteiger partial charge on any atom is 0.307 e. The Morgan fingerprint density at radius 1 is 1.07 bits per heavy atom. The van der Waals surface area contributed by atoms with Gasteiger partial charge in [-0.25, -0.2) is 0 Å². The van der Waals surface area contributed by atoms with Gasteiger partial charge in [-0.1, -0.05) is 51.9 Å². The van der Waals surface area contributed by atoms with Gasteiger partial charge in [0, 0.05) is 30.3 Å². The summed E-state index contributed by atoms with van der Waals surface area (Å²) in [5.41, 5.74) is 2.69. The monoisotopic (exact) mass is 585 g/mol. The average molecular weight is 586 g/mol. The van der Waals surface area contributed by atoms with Crippen LogP contribution >= 0.6 is 0 Å². The molecule has 3 aliphatic heterocycles. The van der Waals surface area contributed by atoms with Crippen molar-refractivity contribution >= 4 is 14.3 Å². The first kappa shape index (κ1) is 31.3. The molecule has 7 heteroatoms. The van der Waals surface area contributed by atoms with Gasteiger partial charge < -0.3 is 18.6 Å². The molecule has 0 amide bonds. The van der Waals surface area contributed by atoms with Crippen LogP contribution in [0.1, 0.15) is 111 Å². The Labute approximate surface area is 250 Å². The Bertz CT molecular complexity index is 1010. The van der Waals surface area contributed by atoms with Gasteiger partial charge in [0.25, 0.3) is 0 Å². The van der Waals surface area contributed by atoms with E-state index in [0.717, 1.165) is 45.1 Å². The second-order valence-corrected chi connectivity index (χ2v) is 19.4. The van der Waals surface area contributed by atoms with Crippen molar-refractivity contribution < 1.29 is 23.4 Å². The molecule has 2 aliphatic carbocycles. The van der Waals surface area contributed by atoms with Gasteiger partial charge in [-0.05, 0) is 94.3 Å². The molecule has 0 radical (unpaired) electrons. The lowest BCUT2D eigenvalue weighted by Gasteiger charge is -2.39. The van der Waals surface area contributed by atoms with E-state index in [9.17, 15) is 4.79 Å². The molecule has 0 spiro atoms. The van der Waals surface area contributed by atoms with Crippen LogP contribution in [-0.4, -0.2) is 69.0 Å². The van der Waals surface area contributed by atoms with Gasteiger partial charge in [0.15, 0.2) is 14.6 Å². The normalized spacial score (nSPS) is 31.9. The number of nitrogens with zero attached hydrogens (tertiary/aromatic N) is 1. The summed E-state index contributed by atoms with van der Waals surface area (Å²) in [5.74, 6) is 7.87. The summed E-state index contributed by atoms with van der Waals surface area (Å²) in [6.45, 7) is 14.8. The Kier molecular flexibility index (Phi) is 10.1. The summed E-state index contributed by atoms with van der Waals surface area (Å²) in [5, 5.41) is 0.128. The number of rotatable bonds is 8. The number of carbonyl (C=O) groups excluding carboxylic acids is 1. The van der Waals surface area contributed by atoms with Gasteiger partial charge in [-0.15, -0.1) is 0 Å². The summed E-state index contributed by atoms with van der Waals surface area (Å²) < 4.78 is 25.1. The number of ether oxygens (including phenoxy) is 3. The molecule has 0 N–H and O–H groups in total. The van der Waals surface area contributed by atoms with Gasteiger partial charge in [-0.3, -0.25) is 9.69 Å². The molecular formula is C34H55NO5Si. The maximum atomic E-state index is 12.5. The summed E-state index contributed by atoms with van der Waals surface area (Å²) in [7, 11) is -2.02. The van der Waals surface area contributed by atoms with E-state index in [4.69, 9.17) is 18.6 Å². The van der Waals surface area contributed by atoms with Crippen molar-refractivity contribution in [3.63, 3.8) is 0 Å². The van der Waals surface area contributed by atoms with Crippen molar-refractivity contribution in [2.75, 3.05) is 13.2 Å². The third-order valence-corrected chi connectivity index (χ3v) is 15.3. The third kappa shape index (κ3) is 7.15. The molecule has 3 saturated heterocycles. The Morgan fingerprint density at radius 2 is 1.83 bits per heavy atom. The van der Waals surface area contributed by atoms with Crippen molar-refractivity contribution in [2.45, 2.75) is 166 Å². The molecule has 0 aromatic carbocycles. The zero-order chi connectivity index (χ0) is 29.2. The summed E-state index contributed by atoms with van der Waals surface area (Å²) >= 11 is 0. The topological polar surface area (TPSA) is 57.2 Å². The van der Waals surface area contributed by atoms with Crippen LogP contribution in [0.25, 0.3) is 0 Å². The molecule has 3 heterocycles. The highest BCUT2D eigenvalue weighted by Crippen LogP contribution is 2.50. The largest absolute Gasteiger partial charge is 0.466 e. The smallest absolute Gasteiger partial charge is 0.307 e. The van der Waals surface area contributed by atoms with Crippen LogP contribution in [0.3, 0.4) is 0 Å². The Balaban J connectivity index is 1.43. The van der Waals surface area contributed by atoms with Crippen LogP contribution in [-0.2, 0) is 23.4 Å². The number of hydrogen-bond donors (Lipinski definition) is 0. The molecule has 0 bridgehead atoms. The molecule has 5 rings (SSSR count). The lowest BCUT2D eigenvalue weighted by atomic mass is 9.85. The minimum Gasteiger partial charge on any atom is -0.466 e. The van der Waals surface area contributed by atoms with Crippen LogP contribution in [0, 0.1) is 17.8 Å². The zero-order valence-electron chi connectivity index (χ0n) is 26.6. The molecule has 41 heavy (non-hydrogen) atoms. The molecule has 6 nitrogen and oxygen atoms in total. The predicted octanol–water partition coefficient (Wildman–Crippen LogP) is 7.13. The van der Waals surface area contributed by atoms with Gasteiger partial charge in [0.2, 0.25) is 0 Å². The Morgan fingerprint density at radius 3 is 2.51 bits per heavy atom. The predicted molar refractivity (Wildman–Crippen MR) is 165 cm³/mol. The average Bonchev–Trinajstić information content (AvgIpc) is 3.58. The molecular weight excluding hydrogens is 530 g/mol. The van der Waals surface area contributed by atoms with E-state index in [1.54, 1.807) is 0 Å². The highest BCUT2D eigenvalue weighted by Gasteiger charge is 2.52. The molecule has 4 fully saturated rings. The fraction of sp³-hybridized carbons (Fsp3) is 0.853. The number of hydrogen-bond acceptors (Lipinski definition) is 6. The van der Waals surface area contributed by atoms with Crippen molar-refractivity contribution in [3.05, 3.63) is 11.1 Å². The molecule has 6 atom stereocenters. The van der Waals surface area contributed by atoms with Gasteiger partial charge in [0.1, 0.15) is 6.10 Å². The molecule has 0 aromatic heterocycles. The van der Waals surface area contributed by atoms with Crippen molar-refractivity contribution in [1.82, 2.24) is 4.90 Å². The second-order valence-electron chi connectivity index (χ2n) is 14.6. The van der Waals surface area contributed by atoms with Crippen LogP contribution in [0.5, 0.6) is 0 Å². The summed E-state index contributed by atoms with van der Waals surface area (Å²) in [6, 6.07) is 1.07. The van der Waals surface area contributed by atoms with Crippen LogP contribution in [0.2, 0.25) is 18.1 Å². The van der Waals surface area contributed by atoms with Gasteiger partial charge in [0.05, 0.1) is 19.1 Å². The fourth-order valence-corrected chi connectivity index (χ4v) is 8.88. The lowest BCUT2D eigenvalue weighted by Crippen LogP contribution is -2.45. The first-order valence-corrected chi connectivity index (χ1v) is 19.6. The first-order chi connectivity index (χ1) is 19.6. The second kappa shape index (κ2) is 13.2. The number of carbonyl (C=O) groups is 1. The first-order valence-electron chi connectivity index (χ1n) is 16.7. The van der Waals surface area contributed by atoms with E-state index in [1.807, 2.05) is 6.92 Å². The molecule has 230 valence electrons. The molecule has 0 aromatic rings. The van der Waals surface area contributed by atoms with E-state index in [0.29, 0.717) is 31.0 Å². The highest BCUT2D eigenvalue weighted by molar-refractivity contribution is 6.74. The summed E-state index contributed by atoms with van der Waals surface area (Å²) in [4.78, 5) is 15.1. The zero-order valence-corrected chi connectivity index (χ0v) is 27.6. The molecule has 5 aliphatic rings. The lowest BCUT2D eigenvalue weighted by molar-refractivity contribution is -0.187. The third-order valence-electron chi connectivity index (χ3n) is 10.8. The molecule has 1 saturated carbocycles. The van der Waals surface area contributed by atoms with Crippen molar-refractivity contribution in [2.24, 2.45) is 5.92 Å². The SMILES string of the molecule is CCOC(=O)C[C@@H]1CC[C@H]2CC3=C(C#C[C@@H](OC4CCCCO4)C4CCCCC4)[C@H](O[Si](C)(C)C(C)(C)C)C[C@@H]3N12. The van der Waals surface area contributed by atoms with Crippen molar-refractivity contribution in [3.8, 4) is 11.8 Å². The molecule has 1 unspecified atom stereocenters. The van der Waals surface area contributed by atoms with Gasteiger partial charge in [-0.2, -0.15) is 0 Å². The fourth-order valence-electron chi connectivity index (χ4n) is 7.60. The number of fused-ring (bicyclic) bond motifs is 3. The minimum absolute atomic E-state index is 0.0196.